The smallest absolute Gasteiger partial charge is 0.343 e. The molecule has 0 aliphatic carbocycles. The summed E-state index contributed by atoms with van der Waals surface area (Å²) in [6, 6.07) is 7.00. The molecule has 0 radical (unpaired) electrons. The fourth-order valence-corrected chi connectivity index (χ4v) is 2.06. The fourth-order valence-electron chi connectivity index (χ4n) is 2.06. The van der Waals surface area contributed by atoms with Gasteiger partial charge >= 0.3 is 5.97 Å². The molecule has 1 fully saturated rings. The molecule has 24 heavy (non-hydrogen) atoms. The van der Waals surface area contributed by atoms with Crippen molar-refractivity contribution < 1.29 is 23.8 Å². The first-order valence-corrected chi connectivity index (χ1v) is 7.59. The van der Waals surface area contributed by atoms with Gasteiger partial charge in [0.25, 0.3) is 5.91 Å². The number of amides is 1. The van der Waals surface area contributed by atoms with Crippen LogP contribution in [0.25, 0.3) is 0 Å². The van der Waals surface area contributed by atoms with Gasteiger partial charge in [-0.05, 0) is 17.7 Å². The minimum atomic E-state index is -0.454. The molecule has 0 aromatic heterocycles. The minimum absolute atomic E-state index is 0.159. The molecule has 8 heteroatoms. The van der Waals surface area contributed by atoms with E-state index in [-0.39, 0.29) is 12.5 Å². The summed E-state index contributed by atoms with van der Waals surface area (Å²) in [5.41, 5.74) is 3.23. The second-order valence-electron chi connectivity index (χ2n) is 5.12. The Bertz CT molecular complexity index is 585. The van der Waals surface area contributed by atoms with Gasteiger partial charge in [0.2, 0.25) is 0 Å². The van der Waals surface area contributed by atoms with Crippen LogP contribution in [-0.2, 0) is 19.1 Å². The van der Waals surface area contributed by atoms with E-state index in [1.54, 1.807) is 18.2 Å². The number of hydrazone groups is 1. The van der Waals surface area contributed by atoms with Gasteiger partial charge in [-0.1, -0.05) is 12.1 Å². The predicted molar refractivity (Wildman–Crippen MR) is 86.9 cm³/mol. The summed E-state index contributed by atoms with van der Waals surface area (Å²) >= 11 is 0. The van der Waals surface area contributed by atoms with E-state index in [1.807, 2.05) is 11.0 Å². The highest BCUT2D eigenvalue weighted by atomic mass is 16.6. The van der Waals surface area contributed by atoms with Crippen molar-refractivity contribution in [2.24, 2.45) is 5.10 Å². The molecule has 0 spiro atoms. The van der Waals surface area contributed by atoms with E-state index in [1.165, 1.54) is 13.3 Å². The van der Waals surface area contributed by atoms with Crippen LogP contribution in [0.15, 0.2) is 29.4 Å². The van der Waals surface area contributed by atoms with Crippen molar-refractivity contribution in [3.8, 4) is 5.75 Å². The van der Waals surface area contributed by atoms with Gasteiger partial charge in [0.05, 0.1) is 33.1 Å². The van der Waals surface area contributed by atoms with E-state index >= 15 is 0 Å². The molecule has 0 atom stereocenters. The van der Waals surface area contributed by atoms with E-state index in [9.17, 15) is 9.59 Å². The molecule has 1 aromatic rings. The number of nitrogens with one attached hydrogen (secondary N) is 1. The molecular weight excluding hydrogens is 314 g/mol. The molecule has 0 saturated carbocycles. The van der Waals surface area contributed by atoms with E-state index < -0.39 is 5.97 Å². The average molecular weight is 335 g/mol. The number of rotatable bonds is 7. The van der Waals surface area contributed by atoms with Crippen LogP contribution in [0.3, 0.4) is 0 Å². The molecule has 2 rings (SSSR count). The highest BCUT2D eigenvalue weighted by Crippen LogP contribution is 2.11. The van der Waals surface area contributed by atoms with Crippen molar-refractivity contribution in [3.05, 3.63) is 29.8 Å². The molecule has 1 N–H and O–H groups in total. The monoisotopic (exact) mass is 335 g/mol. The molecule has 1 aromatic carbocycles. The van der Waals surface area contributed by atoms with Gasteiger partial charge < -0.3 is 14.2 Å². The normalized spacial score (nSPS) is 15.2. The first kappa shape index (κ1) is 17.9. The van der Waals surface area contributed by atoms with Crippen LogP contribution in [0.4, 0.5) is 0 Å². The number of hydrogen-bond acceptors (Lipinski definition) is 7. The van der Waals surface area contributed by atoms with Gasteiger partial charge in [0.15, 0.2) is 6.61 Å². The molecule has 1 amide bonds. The number of carbonyl (C=O) groups is 2. The highest BCUT2D eigenvalue weighted by molar-refractivity contribution is 5.83. The lowest BCUT2D eigenvalue weighted by atomic mass is 10.2. The summed E-state index contributed by atoms with van der Waals surface area (Å²) in [7, 11) is 1.30. The van der Waals surface area contributed by atoms with E-state index in [2.05, 4.69) is 15.3 Å². The van der Waals surface area contributed by atoms with Crippen LogP contribution in [0, 0.1) is 0 Å². The zero-order valence-electron chi connectivity index (χ0n) is 13.6. The third kappa shape index (κ3) is 6.35. The van der Waals surface area contributed by atoms with Crippen molar-refractivity contribution in [2.75, 3.05) is 46.6 Å². The van der Waals surface area contributed by atoms with E-state index in [0.717, 1.165) is 18.7 Å². The second kappa shape index (κ2) is 9.64. The Balaban J connectivity index is 1.78. The maximum atomic E-state index is 11.8. The topological polar surface area (TPSA) is 89.5 Å². The first-order chi connectivity index (χ1) is 11.7. The van der Waals surface area contributed by atoms with Crippen LogP contribution in [0.5, 0.6) is 5.75 Å². The fraction of sp³-hybridized carbons (Fsp3) is 0.438. The number of benzene rings is 1. The van der Waals surface area contributed by atoms with Gasteiger partial charge in [-0.15, -0.1) is 0 Å². The Labute approximate surface area is 140 Å². The summed E-state index contributed by atoms with van der Waals surface area (Å²) in [6.07, 6.45) is 1.52. The molecular formula is C16H21N3O5. The number of esters is 1. The lowest BCUT2D eigenvalue weighted by Gasteiger charge is -2.25. The van der Waals surface area contributed by atoms with Crippen molar-refractivity contribution in [1.82, 2.24) is 10.3 Å². The second-order valence-corrected chi connectivity index (χ2v) is 5.12. The quantitative estimate of drug-likeness (QED) is 0.429. The Kier molecular flexibility index (Phi) is 7.19. The Morgan fingerprint density at radius 3 is 2.92 bits per heavy atom. The maximum Gasteiger partial charge on any atom is 0.343 e. The number of hydrogen-bond donors (Lipinski definition) is 1. The molecule has 1 aliphatic rings. The predicted octanol–water partition coefficient (Wildman–Crippen LogP) is 0.0207. The van der Waals surface area contributed by atoms with Gasteiger partial charge in [-0.25, -0.2) is 10.2 Å². The van der Waals surface area contributed by atoms with Gasteiger partial charge in [0, 0.05) is 13.1 Å². The van der Waals surface area contributed by atoms with Crippen LogP contribution < -0.4 is 10.2 Å². The Morgan fingerprint density at radius 2 is 2.17 bits per heavy atom. The zero-order chi connectivity index (χ0) is 17.2. The molecule has 1 aliphatic heterocycles. The van der Waals surface area contributed by atoms with Gasteiger partial charge in [-0.3, -0.25) is 9.69 Å². The van der Waals surface area contributed by atoms with E-state index in [4.69, 9.17) is 9.47 Å². The third-order valence-corrected chi connectivity index (χ3v) is 3.32. The number of methoxy groups -OCH3 is 1. The lowest BCUT2D eigenvalue weighted by molar-refractivity contribution is -0.142. The number of carbonyl (C=O) groups excluding carboxylic acids is 2. The van der Waals surface area contributed by atoms with E-state index in [0.29, 0.717) is 25.5 Å². The molecule has 130 valence electrons. The standard InChI is InChI=1S/C16H21N3O5/c1-22-16(21)12-24-14-4-2-3-13(9-14)10-17-18-15(20)11-19-5-7-23-8-6-19/h2-4,9-10H,5-8,11-12H2,1H3,(H,18,20)/b17-10-. The largest absolute Gasteiger partial charge is 0.482 e. The SMILES string of the molecule is COC(=O)COc1cccc(/C=N\NC(=O)CN2CCOCC2)c1. The Morgan fingerprint density at radius 1 is 1.38 bits per heavy atom. The maximum absolute atomic E-state index is 11.8. The summed E-state index contributed by atoms with van der Waals surface area (Å²) in [4.78, 5) is 24.9. The van der Waals surface area contributed by atoms with Crippen LogP contribution in [-0.4, -0.2) is 69.6 Å². The van der Waals surface area contributed by atoms with Crippen molar-refractivity contribution in [3.63, 3.8) is 0 Å². The molecule has 0 unspecified atom stereocenters. The summed E-state index contributed by atoms with van der Waals surface area (Å²) < 4.78 is 15.0. The van der Waals surface area contributed by atoms with Crippen LogP contribution in [0.1, 0.15) is 5.56 Å². The molecule has 1 saturated heterocycles. The highest BCUT2D eigenvalue weighted by Gasteiger charge is 2.13. The molecule has 0 bridgehead atoms. The molecule has 1 heterocycles. The van der Waals surface area contributed by atoms with Crippen molar-refractivity contribution in [2.45, 2.75) is 0 Å². The van der Waals surface area contributed by atoms with Gasteiger partial charge in [0.1, 0.15) is 5.75 Å². The van der Waals surface area contributed by atoms with Gasteiger partial charge in [-0.2, -0.15) is 5.10 Å². The summed E-state index contributed by atoms with van der Waals surface area (Å²) in [6.45, 7) is 2.92. The molecule has 8 nitrogen and oxygen atoms in total. The number of morpholine rings is 1. The number of nitrogens with zero attached hydrogens (tertiary/aromatic N) is 2. The summed E-state index contributed by atoms with van der Waals surface area (Å²) in [5.74, 6) is -0.111. The minimum Gasteiger partial charge on any atom is -0.482 e. The zero-order valence-corrected chi connectivity index (χ0v) is 13.6. The van der Waals surface area contributed by atoms with Crippen molar-refractivity contribution in [1.29, 1.82) is 0 Å². The third-order valence-electron chi connectivity index (χ3n) is 3.32. The average Bonchev–Trinajstić information content (AvgIpc) is 2.61. The number of ether oxygens (including phenoxy) is 3. The van der Waals surface area contributed by atoms with Crippen LogP contribution in [0.2, 0.25) is 0 Å². The lowest BCUT2D eigenvalue weighted by Crippen LogP contribution is -2.42. The van der Waals surface area contributed by atoms with Crippen LogP contribution >= 0.6 is 0 Å². The summed E-state index contributed by atoms with van der Waals surface area (Å²) in [5, 5.41) is 3.93. The van der Waals surface area contributed by atoms with Crippen molar-refractivity contribution >= 4 is 18.1 Å². The first-order valence-electron chi connectivity index (χ1n) is 7.59. The Hall–Kier alpha value is -2.45.